The fourth-order valence-corrected chi connectivity index (χ4v) is 2.20. The molecule has 4 nitrogen and oxygen atoms in total. The van der Waals surface area contributed by atoms with Gasteiger partial charge in [-0.15, -0.1) is 0 Å². The van der Waals surface area contributed by atoms with E-state index in [1.54, 1.807) is 0 Å². The molecule has 2 rings (SSSR count). The quantitative estimate of drug-likeness (QED) is 0.741. The summed E-state index contributed by atoms with van der Waals surface area (Å²) >= 11 is 1.81. The fourth-order valence-electron chi connectivity index (χ4n) is 1.98. The van der Waals surface area contributed by atoms with Crippen LogP contribution in [0.2, 0.25) is 0 Å². The molecular weight excluding hydrogens is 258 g/mol. The number of nitrogens with one attached hydrogen (secondary N) is 2. The Morgan fingerprint density at radius 2 is 2.16 bits per heavy atom. The zero-order chi connectivity index (χ0) is 14.0. The maximum absolute atomic E-state index is 11.4. The average Bonchev–Trinajstić information content (AvgIpc) is 2.37. The van der Waals surface area contributed by atoms with Gasteiger partial charge in [0.15, 0.2) is 0 Å². The maximum atomic E-state index is 11.4. The highest BCUT2D eigenvalue weighted by molar-refractivity contribution is 7.99. The lowest BCUT2D eigenvalue weighted by Crippen LogP contribution is -2.26. The average molecular weight is 279 g/mol. The van der Waals surface area contributed by atoms with Crippen LogP contribution in [0.4, 0.5) is 17.1 Å². The molecule has 0 saturated heterocycles. The Morgan fingerprint density at radius 3 is 2.84 bits per heavy atom. The van der Waals surface area contributed by atoms with E-state index in [2.05, 4.69) is 30.7 Å². The van der Waals surface area contributed by atoms with Crippen LogP contribution in [0.15, 0.2) is 12.1 Å². The van der Waals surface area contributed by atoms with Crippen molar-refractivity contribution in [2.45, 2.75) is 31.4 Å². The number of carbonyl (C=O) groups is 1. The molecule has 0 unspecified atom stereocenters. The van der Waals surface area contributed by atoms with Crippen LogP contribution in [-0.4, -0.2) is 23.5 Å². The van der Waals surface area contributed by atoms with Crippen molar-refractivity contribution in [1.82, 2.24) is 0 Å². The van der Waals surface area contributed by atoms with Gasteiger partial charge in [0.2, 0.25) is 5.91 Å². The zero-order valence-electron chi connectivity index (χ0n) is 11.7. The number of fused-ring (bicyclic) bond motifs is 1. The molecule has 1 aliphatic rings. The Balaban J connectivity index is 2.18. The van der Waals surface area contributed by atoms with Gasteiger partial charge in [-0.05, 0) is 44.2 Å². The molecule has 5 heteroatoms. The molecule has 1 aromatic carbocycles. The number of benzene rings is 1. The molecular formula is C14H21N3OS. The molecule has 0 fully saturated rings. The van der Waals surface area contributed by atoms with Crippen molar-refractivity contribution in [2.24, 2.45) is 0 Å². The predicted molar refractivity (Wildman–Crippen MR) is 83.9 cm³/mol. The van der Waals surface area contributed by atoms with Gasteiger partial charge in [0.25, 0.3) is 0 Å². The first kappa shape index (κ1) is 14.1. The second-order valence-electron chi connectivity index (χ2n) is 5.46. The van der Waals surface area contributed by atoms with E-state index < -0.39 is 0 Å². The van der Waals surface area contributed by atoms with Crippen molar-refractivity contribution in [3.8, 4) is 0 Å². The number of nitrogen functional groups attached to an aromatic ring is 1. The number of hydrogen-bond acceptors (Lipinski definition) is 4. The Morgan fingerprint density at radius 1 is 1.42 bits per heavy atom. The number of hydrogen-bond donors (Lipinski definition) is 3. The van der Waals surface area contributed by atoms with Crippen molar-refractivity contribution in [2.75, 3.05) is 29.2 Å². The van der Waals surface area contributed by atoms with Crippen LogP contribution in [0.3, 0.4) is 0 Å². The van der Waals surface area contributed by atoms with Crippen LogP contribution in [0, 0.1) is 0 Å². The Bertz CT molecular complexity index is 500. The third-order valence-electron chi connectivity index (χ3n) is 3.43. The fraction of sp³-hybridized carbons (Fsp3) is 0.500. The van der Waals surface area contributed by atoms with Gasteiger partial charge in [-0.25, -0.2) is 0 Å². The van der Waals surface area contributed by atoms with Crippen LogP contribution in [0.1, 0.15) is 25.8 Å². The third-order valence-corrected chi connectivity index (χ3v) is 4.68. The molecule has 0 atom stereocenters. The summed E-state index contributed by atoms with van der Waals surface area (Å²) in [6.07, 6.45) is 3.40. The molecule has 19 heavy (non-hydrogen) atoms. The van der Waals surface area contributed by atoms with E-state index in [0.29, 0.717) is 6.42 Å². The first-order valence-electron chi connectivity index (χ1n) is 6.42. The molecule has 0 aromatic heterocycles. The lowest BCUT2D eigenvalue weighted by molar-refractivity contribution is -0.116. The Labute approximate surface area is 118 Å². The lowest BCUT2D eigenvalue weighted by Gasteiger charge is -2.25. The normalized spacial score (nSPS) is 14.8. The van der Waals surface area contributed by atoms with E-state index in [0.717, 1.165) is 35.6 Å². The molecule has 0 spiro atoms. The van der Waals surface area contributed by atoms with Crippen molar-refractivity contribution >= 4 is 34.7 Å². The minimum absolute atomic E-state index is 0.0765. The second kappa shape index (κ2) is 5.33. The van der Waals surface area contributed by atoms with E-state index in [9.17, 15) is 4.79 Å². The highest BCUT2D eigenvalue weighted by Crippen LogP contribution is 2.32. The van der Waals surface area contributed by atoms with Crippen LogP contribution in [-0.2, 0) is 11.2 Å². The highest BCUT2D eigenvalue weighted by Gasteiger charge is 2.19. The molecule has 0 aliphatic carbocycles. The Hall–Kier alpha value is -1.36. The van der Waals surface area contributed by atoms with Crippen LogP contribution >= 0.6 is 11.8 Å². The van der Waals surface area contributed by atoms with E-state index >= 15 is 0 Å². The molecule has 104 valence electrons. The molecule has 1 aliphatic heterocycles. The summed E-state index contributed by atoms with van der Waals surface area (Å²) in [6.45, 7) is 5.19. The van der Waals surface area contributed by atoms with Crippen molar-refractivity contribution in [3.05, 3.63) is 17.7 Å². The maximum Gasteiger partial charge on any atom is 0.224 e. The van der Waals surface area contributed by atoms with Gasteiger partial charge in [-0.3, -0.25) is 4.79 Å². The van der Waals surface area contributed by atoms with Gasteiger partial charge < -0.3 is 16.4 Å². The Kier molecular flexibility index (Phi) is 3.94. The summed E-state index contributed by atoms with van der Waals surface area (Å²) in [5, 5.41) is 6.27. The second-order valence-corrected chi connectivity index (χ2v) is 6.98. The van der Waals surface area contributed by atoms with Crippen molar-refractivity contribution in [1.29, 1.82) is 0 Å². The minimum Gasteiger partial charge on any atom is -0.397 e. The summed E-state index contributed by atoms with van der Waals surface area (Å²) in [5.41, 5.74) is 9.70. The highest BCUT2D eigenvalue weighted by atomic mass is 32.2. The van der Waals surface area contributed by atoms with Gasteiger partial charge >= 0.3 is 0 Å². The number of rotatable bonds is 4. The van der Waals surface area contributed by atoms with Crippen molar-refractivity contribution < 1.29 is 4.79 Å². The predicted octanol–water partition coefficient (Wildman–Crippen LogP) is 2.71. The largest absolute Gasteiger partial charge is 0.397 e. The summed E-state index contributed by atoms with van der Waals surface area (Å²) in [7, 11) is 0. The van der Waals surface area contributed by atoms with E-state index in [1.165, 1.54) is 0 Å². The number of carbonyl (C=O) groups excluding carboxylic acids is 1. The van der Waals surface area contributed by atoms with Crippen LogP contribution < -0.4 is 16.4 Å². The SMILES string of the molecule is CSC(C)(C)CNc1cc2c(cc1N)CCC(=O)N2. The lowest BCUT2D eigenvalue weighted by atomic mass is 10.0. The van der Waals surface area contributed by atoms with Crippen LogP contribution in [0.5, 0.6) is 0 Å². The standard InChI is InChI=1S/C14H21N3OS/c1-14(2,19-3)8-16-12-7-11-9(6-10(12)15)4-5-13(18)17-11/h6-7,16H,4-5,8,15H2,1-3H3,(H,17,18). The number of anilines is 3. The van der Waals surface area contributed by atoms with Crippen LogP contribution in [0.25, 0.3) is 0 Å². The number of aryl methyl sites for hydroxylation is 1. The molecule has 1 amide bonds. The summed E-state index contributed by atoms with van der Waals surface area (Å²) in [6, 6.07) is 3.90. The minimum atomic E-state index is 0.0765. The molecule has 0 radical (unpaired) electrons. The first-order valence-corrected chi connectivity index (χ1v) is 7.65. The van der Waals surface area contributed by atoms with E-state index in [4.69, 9.17) is 5.73 Å². The molecule has 1 aromatic rings. The summed E-state index contributed by atoms with van der Waals surface area (Å²) in [5.74, 6) is 0.0765. The molecule has 1 heterocycles. The van der Waals surface area contributed by atoms with Crippen molar-refractivity contribution in [3.63, 3.8) is 0 Å². The summed E-state index contributed by atoms with van der Waals surface area (Å²) < 4.78 is 0.144. The number of amides is 1. The van der Waals surface area contributed by atoms with Gasteiger partial charge in [0.05, 0.1) is 11.4 Å². The van der Waals surface area contributed by atoms with Gasteiger partial charge in [-0.1, -0.05) is 0 Å². The van der Waals surface area contributed by atoms with Gasteiger partial charge in [0.1, 0.15) is 0 Å². The third kappa shape index (κ3) is 3.35. The smallest absolute Gasteiger partial charge is 0.224 e. The number of nitrogens with two attached hydrogens (primary N) is 1. The first-order chi connectivity index (χ1) is 8.91. The number of thioether (sulfide) groups is 1. The van der Waals surface area contributed by atoms with E-state index in [1.807, 2.05) is 23.9 Å². The molecule has 4 N–H and O–H groups in total. The monoisotopic (exact) mass is 279 g/mol. The molecule has 0 bridgehead atoms. The molecule has 0 saturated carbocycles. The van der Waals surface area contributed by atoms with E-state index in [-0.39, 0.29) is 10.7 Å². The topological polar surface area (TPSA) is 67.1 Å². The summed E-state index contributed by atoms with van der Waals surface area (Å²) in [4.78, 5) is 11.4. The van der Waals surface area contributed by atoms with Gasteiger partial charge in [0, 0.05) is 23.4 Å². The zero-order valence-corrected chi connectivity index (χ0v) is 12.5. The van der Waals surface area contributed by atoms with Gasteiger partial charge in [-0.2, -0.15) is 11.8 Å².